The number of fused-ring (bicyclic) bond motifs is 3. The average Bonchev–Trinajstić information content (AvgIpc) is 3.00. The third kappa shape index (κ3) is 2.86. The molecule has 0 aliphatic heterocycles. The maximum Gasteiger partial charge on any atom is 0.194 e. The van der Waals surface area contributed by atoms with Gasteiger partial charge in [0.05, 0.1) is 0 Å². The lowest BCUT2D eigenvalue weighted by molar-refractivity contribution is 0.104. The van der Waals surface area contributed by atoms with Crippen LogP contribution in [0.5, 0.6) is 0 Å². The van der Waals surface area contributed by atoms with Gasteiger partial charge in [0, 0.05) is 22.3 Å². The lowest BCUT2D eigenvalue weighted by atomic mass is 9.88. The van der Waals surface area contributed by atoms with E-state index in [0.29, 0.717) is 11.1 Å². The molecule has 1 aliphatic rings. The van der Waals surface area contributed by atoms with Gasteiger partial charge in [0.1, 0.15) is 11.6 Å². The second-order valence-electron chi connectivity index (χ2n) is 7.81. The molecule has 146 valence electrons. The Balaban J connectivity index is 1.86. The zero-order valence-corrected chi connectivity index (χ0v) is 16.6. The van der Waals surface area contributed by atoms with Crippen molar-refractivity contribution in [3.8, 4) is 33.4 Å². The van der Waals surface area contributed by atoms with Gasteiger partial charge in [0.25, 0.3) is 0 Å². The first-order valence-electron chi connectivity index (χ1n) is 9.78. The van der Waals surface area contributed by atoms with Crippen LogP contribution >= 0.6 is 0 Å². The molecule has 0 bridgehead atoms. The fourth-order valence-corrected chi connectivity index (χ4v) is 4.33. The van der Waals surface area contributed by atoms with Crippen LogP contribution in [-0.2, 0) is 0 Å². The van der Waals surface area contributed by atoms with E-state index in [1.807, 2.05) is 38.1 Å². The lowest BCUT2D eigenvalue weighted by Gasteiger charge is -2.15. The van der Waals surface area contributed by atoms with Crippen molar-refractivity contribution >= 4 is 5.78 Å². The summed E-state index contributed by atoms with van der Waals surface area (Å²) in [4.78, 5) is 13.3. The summed E-state index contributed by atoms with van der Waals surface area (Å²) in [6, 6.07) is 20.5. The van der Waals surface area contributed by atoms with Gasteiger partial charge in [-0.2, -0.15) is 0 Å². The van der Waals surface area contributed by atoms with Gasteiger partial charge in [0.15, 0.2) is 5.78 Å². The zero-order chi connectivity index (χ0) is 21.0. The molecule has 0 N–H and O–H groups in total. The number of halogens is 2. The van der Waals surface area contributed by atoms with E-state index in [1.54, 1.807) is 24.3 Å². The molecule has 0 fully saturated rings. The molecule has 0 aromatic heterocycles. The highest BCUT2D eigenvalue weighted by Crippen LogP contribution is 2.48. The summed E-state index contributed by atoms with van der Waals surface area (Å²) in [5.74, 6) is -0.622. The van der Waals surface area contributed by atoms with Crippen LogP contribution in [0, 0.1) is 25.5 Å². The van der Waals surface area contributed by atoms with Crippen LogP contribution in [0.3, 0.4) is 0 Å². The largest absolute Gasteiger partial charge is 0.289 e. The normalized spacial score (nSPS) is 12.1. The van der Waals surface area contributed by atoms with Crippen molar-refractivity contribution < 1.29 is 13.6 Å². The van der Waals surface area contributed by atoms with Gasteiger partial charge < -0.3 is 0 Å². The SMILES string of the molecule is Cc1cc2c(c(-c3ccc(F)cc3)c1)-c1c(cc(C)cc1-c1ccc(F)cc1)C2=O. The Bertz CT molecular complexity index is 1210. The first kappa shape index (κ1) is 18.4. The average molecular weight is 396 g/mol. The van der Waals surface area contributed by atoms with Crippen molar-refractivity contribution in [3.63, 3.8) is 0 Å². The monoisotopic (exact) mass is 396 g/mol. The predicted octanol–water partition coefficient (Wildman–Crippen LogP) is 7.13. The lowest BCUT2D eigenvalue weighted by Crippen LogP contribution is -1.97. The Labute approximate surface area is 173 Å². The van der Waals surface area contributed by atoms with Crippen molar-refractivity contribution in [1.82, 2.24) is 0 Å². The molecule has 5 rings (SSSR count). The van der Waals surface area contributed by atoms with E-state index in [0.717, 1.165) is 44.5 Å². The van der Waals surface area contributed by atoms with E-state index < -0.39 is 0 Å². The Hall–Kier alpha value is -3.59. The minimum absolute atomic E-state index is 0.0147. The van der Waals surface area contributed by atoms with E-state index >= 15 is 0 Å². The van der Waals surface area contributed by atoms with Crippen molar-refractivity contribution in [2.24, 2.45) is 0 Å². The van der Waals surface area contributed by atoms with Gasteiger partial charge in [-0.1, -0.05) is 36.4 Å². The van der Waals surface area contributed by atoms with Crippen LogP contribution in [0.15, 0.2) is 72.8 Å². The number of benzene rings is 4. The molecular weight excluding hydrogens is 378 g/mol. The molecule has 3 heteroatoms. The second kappa shape index (κ2) is 6.74. The molecule has 0 unspecified atom stereocenters. The summed E-state index contributed by atoms with van der Waals surface area (Å²) in [7, 11) is 0. The van der Waals surface area contributed by atoms with E-state index in [1.165, 1.54) is 24.3 Å². The number of aryl methyl sites for hydroxylation is 2. The summed E-state index contributed by atoms with van der Waals surface area (Å²) in [6.45, 7) is 3.91. The van der Waals surface area contributed by atoms with Crippen LogP contribution in [0.25, 0.3) is 33.4 Å². The highest BCUT2D eigenvalue weighted by Gasteiger charge is 2.32. The molecule has 4 aromatic carbocycles. The molecule has 0 saturated carbocycles. The van der Waals surface area contributed by atoms with E-state index in [-0.39, 0.29) is 17.4 Å². The highest BCUT2D eigenvalue weighted by atomic mass is 19.1. The summed E-state index contributed by atoms with van der Waals surface area (Å²) in [5, 5.41) is 0. The van der Waals surface area contributed by atoms with Crippen LogP contribution in [0.2, 0.25) is 0 Å². The van der Waals surface area contributed by atoms with E-state index in [4.69, 9.17) is 0 Å². The molecule has 0 spiro atoms. The molecule has 4 aromatic rings. The molecule has 1 nitrogen and oxygen atoms in total. The summed E-state index contributed by atoms with van der Waals surface area (Å²) in [6.07, 6.45) is 0. The molecule has 1 aliphatic carbocycles. The molecule has 0 amide bonds. The third-order valence-electron chi connectivity index (χ3n) is 5.62. The van der Waals surface area contributed by atoms with Gasteiger partial charge in [0.2, 0.25) is 0 Å². The topological polar surface area (TPSA) is 17.1 Å². The molecule has 0 heterocycles. The molecule has 0 atom stereocenters. The van der Waals surface area contributed by atoms with Crippen molar-refractivity contribution in [2.75, 3.05) is 0 Å². The quantitative estimate of drug-likeness (QED) is 0.310. The van der Waals surface area contributed by atoms with Gasteiger partial charge >= 0.3 is 0 Å². The molecule has 0 saturated heterocycles. The maximum atomic E-state index is 13.5. The summed E-state index contributed by atoms with van der Waals surface area (Å²) < 4.78 is 27.1. The number of ketones is 1. The van der Waals surface area contributed by atoms with Gasteiger partial charge in [-0.15, -0.1) is 0 Å². The summed E-state index contributed by atoms with van der Waals surface area (Å²) in [5.41, 5.74) is 8.43. The Morgan fingerprint density at radius 3 is 1.23 bits per heavy atom. The Morgan fingerprint density at radius 2 is 0.867 bits per heavy atom. The van der Waals surface area contributed by atoms with Crippen molar-refractivity contribution in [2.45, 2.75) is 13.8 Å². The minimum atomic E-state index is -0.304. The summed E-state index contributed by atoms with van der Waals surface area (Å²) >= 11 is 0. The standard InChI is InChI=1S/C27H18F2O/c1-15-11-21(17-3-7-19(28)8-4-17)25-23(13-15)27(30)24-14-16(2)12-22(26(24)25)18-5-9-20(29)10-6-18/h3-14H,1-2H3. The minimum Gasteiger partial charge on any atom is -0.289 e. The fraction of sp³-hybridized carbons (Fsp3) is 0.0741. The van der Waals surface area contributed by atoms with Crippen LogP contribution in [0.1, 0.15) is 27.0 Å². The van der Waals surface area contributed by atoms with E-state index in [9.17, 15) is 13.6 Å². The number of carbonyl (C=O) groups is 1. The van der Waals surface area contributed by atoms with E-state index in [2.05, 4.69) is 0 Å². The van der Waals surface area contributed by atoms with Crippen LogP contribution < -0.4 is 0 Å². The smallest absolute Gasteiger partial charge is 0.194 e. The molecule has 0 radical (unpaired) electrons. The molecule has 30 heavy (non-hydrogen) atoms. The highest BCUT2D eigenvalue weighted by molar-refractivity contribution is 6.26. The van der Waals surface area contributed by atoms with Gasteiger partial charge in [-0.05, 0) is 83.6 Å². The third-order valence-corrected chi connectivity index (χ3v) is 5.62. The van der Waals surface area contributed by atoms with Crippen molar-refractivity contribution in [3.05, 3.63) is 107 Å². The fourth-order valence-electron chi connectivity index (χ4n) is 4.33. The Kier molecular flexibility index (Phi) is 4.14. The Morgan fingerprint density at radius 1 is 0.533 bits per heavy atom. The second-order valence-corrected chi connectivity index (χ2v) is 7.81. The van der Waals surface area contributed by atoms with Crippen LogP contribution in [0.4, 0.5) is 8.78 Å². The van der Waals surface area contributed by atoms with Gasteiger partial charge in [-0.25, -0.2) is 8.78 Å². The number of carbonyl (C=O) groups excluding carboxylic acids is 1. The zero-order valence-electron chi connectivity index (χ0n) is 16.6. The van der Waals surface area contributed by atoms with Crippen molar-refractivity contribution in [1.29, 1.82) is 0 Å². The number of hydrogen-bond acceptors (Lipinski definition) is 1. The molecular formula is C27H18F2O. The first-order chi connectivity index (χ1) is 14.4. The number of hydrogen-bond donors (Lipinski definition) is 0. The van der Waals surface area contributed by atoms with Gasteiger partial charge in [-0.3, -0.25) is 4.79 Å². The predicted molar refractivity (Wildman–Crippen MR) is 116 cm³/mol. The van der Waals surface area contributed by atoms with Crippen LogP contribution in [-0.4, -0.2) is 5.78 Å². The maximum absolute atomic E-state index is 13.5. The first-order valence-corrected chi connectivity index (χ1v) is 9.78. The number of rotatable bonds is 2.